The maximum atomic E-state index is 14.2. The summed E-state index contributed by atoms with van der Waals surface area (Å²) in [4.78, 5) is 40.5. The van der Waals surface area contributed by atoms with Gasteiger partial charge in [0, 0.05) is 29.5 Å². The van der Waals surface area contributed by atoms with Gasteiger partial charge in [-0.15, -0.1) is 0 Å². The molecular formula is C25H36N5O4+. The predicted octanol–water partition coefficient (Wildman–Crippen LogP) is 1.57. The molecule has 0 aromatic heterocycles. The Kier molecular flexibility index (Phi) is 6.78. The lowest BCUT2D eigenvalue weighted by molar-refractivity contribution is -0.899. The van der Waals surface area contributed by atoms with E-state index in [2.05, 4.69) is 0 Å². The number of amides is 2. The molecule has 1 aromatic carbocycles. The van der Waals surface area contributed by atoms with Gasteiger partial charge in [0.15, 0.2) is 5.54 Å². The Balaban J connectivity index is 1.67. The molecule has 2 amide bonds. The first kappa shape index (κ1) is 24.3. The van der Waals surface area contributed by atoms with Crippen LogP contribution in [0.3, 0.4) is 0 Å². The standard InChI is InChI=1S/C25H35N5O4/c26-23(27)18-10-8-17(9-11-18)16-30(12-4-5-19-13-25(19,30)24(28)34)21(31)14-29(15-22(32)33)20-6-2-1-3-7-20/h8-11,19-20H,1-7,12-16H2,(H5-,26,27,28,32,33,34)/p+1/t19-,25+,30?/m1/s1. The molecule has 0 spiro atoms. The SMILES string of the molecule is N=C(N)c1ccc(C[N+]2(C(=O)CN(CC(=O)O)C3CCCCC3)CCC[C@@H]3C[C@@]32C(N)=O)cc1. The predicted molar refractivity (Wildman–Crippen MR) is 127 cm³/mol. The van der Waals surface area contributed by atoms with Crippen molar-refractivity contribution in [3.8, 4) is 0 Å². The van der Waals surface area contributed by atoms with Gasteiger partial charge < -0.3 is 16.6 Å². The number of fused-ring (bicyclic) bond motifs is 1. The number of piperidine rings is 1. The molecule has 2 aliphatic carbocycles. The lowest BCUT2D eigenvalue weighted by Crippen LogP contribution is -2.69. The van der Waals surface area contributed by atoms with E-state index < -0.39 is 17.4 Å². The molecule has 9 heteroatoms. The summed E-state index contributed by atoms with van der Waals surface area (Å²) in [6, 6.07) is 7.26. The van der Waals surface area contributed by atoms with E-state index in [4.69, 9.17) is 16.9 Å². The molecule has 1 heterocycles. The Labute approximate surface area is 200 Å². The largest absolute Gasteiger partial charge is 0.480 e. The number of nitrogens with one attached hydrogen (secondary N) is 1. The number of benzene rings is 1. The minimum Gasteiger partial charge on any atom is -0.480 e. The zero-order valence-electron chi connectivity index (χ0n) is 19.7. The van der Waals surface area contributed by atoms with Gasteiger partial charge >= 0.3 is 11.9 Å². The molecule has 184 valence electrons. The van der Waals surface area contributed by atoms with Crippen molar-refractivity contribution in [2.45, 2.75) is 69.5 Å². The highest BCUT2D eigenvalue weighted by atomic mass is 16.4. The molecule has 3 atom stereocenters. The molecule has 1 saturated heterocycles. The summed E-state index contributed by atoms with van der Waals surface area (Å²) in [5, 5.41) is 17.2. The Hall–Kier alpha value is -2.78. The first-order chi connectivity index (χ1) is 16.2. The fraction of sp³-hybridized carbons (Fsp3) is 0.600. The highest BCUT2D eigenvalue weighted by molar-refractivity contribution is 5.95. The van der Waals surface area contributed by atoms with Crippen molar-refractivity contribution in [1.82, 2.24) is 4.90 Å². The van der Waals surface area contributed by atoms with Crippen molar-refractivity contribution in [3.05, 3.63) is 35.4 Å². The van der Waals surface area contributed by atoms with Crippen molar-refractivity contribution in [2.75, 3.05) is 19.6 Å². The second-order valence-corrected chi connectivity index (χ2v) is 10.3. The first-order valence-electron chi connectivity index (χ1n) is 12.3. The number of carbonyl (C=O) groups is 3. The van der Waals surface area contributed by atoms with Crippen molar-refractivity contribution < 1.29 is 24.0 Å². The number of primary amides is 1. The summed E-state index contributed by atoms with van der Waals surface area (Å²) in [5.41, 5.74) is 12.1. The highest BCUT2D eigenvalue weighted by Gasteiger charge is 2.76. The fourth-order valence-corrected chi connectivity index (χ4v) is 6.50. The molecule has 9 nitrogen and oxygen atoms in total. The number of likely N-dealkylation sites (tertiary alicyclic amines) is 1. The average molecular weight is 471 g/mol. The molecule has 4 rings (SSSR count). The van der Waals surface area contributed by atoms with E-state index in [1.54, 1.807) is 12.1 Å². The number of quaternary nitrogens is 1. The van der Waals surface area contributed by atoms with Crippen LogP contribution >= 0.6 is 0 Å². The van der Waals surface area contributed by atoms with Gasteiger partial charge in [-0.1, -0.05) is 43.5 Å². The zero-order chi connectivity index (χ0) is 24.5. The van der Waals surface area contributed by atoms with E-state index in [0.29, 0.717) is 25.1 Å². The summed E-state index contributed by atoms with van der Waals surface area (Å²) in [7, 11) is 0. The van der Waals surface area contributed by atoms with Crippen LogP contribution in [0.25, 0.3) is 0 Å². The van der Waals surface area contributed by atoms with Gasteiger partial charge in [0.2, 0.25) is 0 Å². The van der Waals surface area contributed by atoms with Gasteiger partial charge in [-0.3, -0.25) is 19.9 Å². The normalized spacial score (nSPS) is 28.8. The second-order valence-electron chi connectivity index (χ2n) is 10.3. The van der Waals surface area contributed by atoms with Crippen LogP contribution in [-0.2, 0) is 20.9 Å². The minimum absolute atomic E-state index is 0.00421. The Bertz CT molecular complexity index is 974. The second kappa shape index (κ2) is 9.46. The molecule has 3 aliphatic rings. The number of hydrogen-bond acceptors (Lipinski definition) is 5. The molecule has 0 bridgehead atoms. The van der Waals surface area contributed by atoms with Crippen LogP contribution in [0.4, 0.5) is 0 Å². The van der Waals surface area contributed by atoms with Gasteiger partial charge in [-0.2, -0.15) is 0 Å². The smallest absolute Gasteiger partial charge is 0.328 e. The van der Waals surface area contributed by atoms with E-state index >= 15 is 0 Å². The fourth-order valence-electron chi connectivity index (χ4n) is 6.50. The Morgan fingerprint density at radius 2 is 1.71 bits per heavy atom. The van der Waals surface area contributed by atoms with Crippen molar-refractivity contribution in [3.63, 3.8) is 0 Å². The zero-order valence-corrected chi connectivity index (χ0v) is 19.7. The molecule has 0 radical (unpaired) electrons. The van der Waals surface area contributed by atoms with Crippen LogP contribution in [0.5, 0.6) is 0 Å². The van der Waals surface area contributed by atoms with Gasteiger partial charge in [0.25, 0.3) is 5.91 Å². The maximum absolute atomic E-state index is 14.2. The number of hydrogen-bond donors (Lipinski definition) is 4. The third kappa shape index (κ3) is 4.34. The van der Waals surface area contributed by atoms with Crippen LogP contribution in [-0.4, -0.2) is 69.3 Å². The Morgan fingerprint density at radius 1 is 1.03 bits per heavy atom. The van der Waals surface area contributed by atoms with Crippen molar-refractivity contribution in [1.29, 1.82) is 5.41 Å². The molecular weight excluding hydrogens is 434 g/mol. The average Bonchev–Trinajstić information content (AvgIpc) is 3.57. The number of carbonyl (C=O) groups excluding carboxylic acids is 2. The van der Waals surface area contributed by atoms with Crippen LogP contribution in [0.15, 0.2) is 24.3 Å². The van der Waals surface area contributed by atoms with E-state index in [-0.39, 0.29) is 41.3 Å². The Morgan fingerprint density at radius 3 is 2.29 bits per heavy atom. The van der Waals surface area contributed by atoms with Crippen LogP contribution in [0.1, 0.15) is 62.5 Å². The van der Waals surface area contributed by atoms with Gasteiger partial charge in [-0.25, -0.2) is 9.28 Å². The number of carboxylic acids is 1. The maximum Gasteiger partial charge on any atom is 0.328 e. The number of nitrogens with two attached hydrogens (primary N) is 2. The van der Waals surface area contributed by atoms with Crippen LogP contribution < -0.4 is 11.5 Å². The van der Waals surface area contributed by atoms with Crippen LogP contribution in [0.2, 0.25) is 0 Å². The van der Waals surface area contributed by atoms with E-state index in [9.17, 15) is 19.5 Å². The van der Waals surface area contributed by atoms with Gasteiger partial charge in [0.05, 0.1) is 13.1 Å². The van der Waals surface area contributed by atoms with Crippen molar-refractivity contribution in [2.24, 2.45) is 17.4 Å². The summed E-state index contributed by atoms with van der Waals surface area (Å²) < 4.78 is -0.0464. The summed E-state index contributed by atoms with van der Waals surface area (Å²) in [6.07, 6.45) is 7.26. The summed E-state index contributed by atoms with van der Waals surface area (Å²) in [5.74, 6) is -1.45. The minimum atomic E-state index is -0.947. The summed E-state index contributed by atoms with van der Waals surface area (Å²) in [6.45, 7) is 0.654. The van der Waals surface area contributed by atoms with Gasteiger partial charge in [0.1, 0.15) is 18.9 Å². The topological polar surface area (TPSA) is 151 Å². The highest BCUT2D eigenvalue weighted by Crippen LogP contribution is 2.59. The number of nitrogens with zero attached hydrogens (tertiary/aromatic N) is 2. The molecule has 1 unspecified atom stereocenters. The monoisotopic (exact) mass is 470 g/mol. The van der Waals surface area contributed by atoms with E-state index in [1.807, 2.05) is 17.0 Å². The van der Waals surface area contributed by atoms with Crippen molar-refractivity contribution >= 4 is 23.6 Å². The van der Waals surface area contributed by atoms with E-state index in [1.165, 1.54) is 0 Å². The quantitative estimate of drug-likeness (QED) is 0.244. The number of aliphatic carboxylic acids is 1. The number of rotatable bonds is 9. The number of carboxylic acid groups (broad SMARTS) is 1. The molecule has 1 aromatic rings. The van der Waals surface area contributed by atoms with Gasteiger partial charge in [-0.05, 0) is 25.7 Å². The molecule has 34 heavy (non-hydrogen) atoms. The number of nitrogen functional groups attached to an aromatic ring is 1. The number of amidine groups is 1. The molecule has 2 saturated carbocycles. The van der Waals surface area contributed by atoms with E-state index in [0.717, 1.165) is 50.5 Å². The lowest BCUT2D eigenvalue weighted by atomic mass is 9.93. The molecule has 1 aliphatic heterocycles. The van der Waals surface area contributed by atoms with Crippen LogP contribution in [0, 0.1) is 11.3 Å². The molecule has 6 N–H and O–H groups in total. The molecule has 3 fully saturated rings. The third-order valence-electron chi connectivity index (χ3n) is 8.32. The lowest BCUT2D eigenvalue weighted by Gasteiger charge is -2.46. The summed E-state index contributed by atoms with van der Waals surface area (Å²) >= 11 is 0. The first-order valence-corrected chi connectivity index (χ1v) is 12.3. The third-order valence-corrected chi connectivity index (χ3v) is 8.32.